The molecule has 0 fully saturated rings. The molecule has 0 radical (unpaired) electrons. The summed E-state index contributed by atoms with van der Waals surface area (Å²) in [6.45, 7) is 0.278. The van der Waals surface area contributed by atoms with Crippen LogP contribution in [-0.4, -0.2) is 37.2 Å². The van der Waals surface area contributed by atoms with Gasteiger partial charge in [0.1, 0.15) is 18.1 Å². The minimum absolute atomic E-state index is 0.102. The van der Waals surface area contributed by atoms with Gasteiger partial charge in [-0.05, 0) is 47.5 Å². The normalized spacial score (nSPS) is 10.9. The SMILES string of the molecule is COc1cccc(COc2ccc(/C(=C/NC(=O)c3ccccc3)C(=O)NCCO)cc2)c1. The Morgan fingerprint density at radius 3 is 2.36 bits per heavy atom. The Kier molecular flexibility index (Phi) is 8.62. The predicted molar refractivity (Wildman–Crippen MR) is 126 cm³/mol. The zero-order valence-corrected chi connectivity index (χ0v) is 18.3. The quantitative estimate of drug-likeness (QED) is 0.416. The van der Waals surface area contributed by atoms with E-state index in [4.69, 9.17) is 14.6 Å². The minimum atomic E-state index is -0.414. The summed E-state index contributed by atoms with van der Waals surface area (Å²) >= 11 is 0. The van der Waals surface area contributed by atoms with Gasteiger partial charge in [0.05, 0.1) is 19.3 Å². The molecule has 7 nitrogen and oxygen atoms in total. The number of hydrogen-bond acceptors (Lipinski definition) is 5. The molecule has 7 heteroatoms. The highest BCUT2D eigenvalue weighted by molar-refractivity contribution is 6.19. The molecular weight excluding hydrogens is 420 g/mol. The van der Waals surface area contributed by atoms with Gasteiger partial charge in [0.2, 0.25) is 0 Å². The smallest absolute Gasteiger partial charge is 0.255 e. The summed E-state index contributed by atoms with van der Waals surface area (Å²) in [5.41, 5.74) is 2.29. The summed E-state index contributed by atoms with van der Waals surface area (Å²) in [6, 6.07) is 23.3. The molecule has 0 spiro atoms. The first-order chi connectivity index (χ1) is 16.1. The van der Waals surface area contributed by atoms with E-state index < -0.39 is 5.91 Å². The standard InChI is InChI=1S/C26H26N2O5/c1-32-23-9-5-6-19(16-23)18-33-22-12-10-20(11-13-22)24(26(31)27-14-15-29)17-28-25(30)21-7-3-2-4-8-21/h2-13,16-17,29H,14-15,18H2,1H3,(H,27,31)(H,28,30)/b24-17-. The Morgan fingerprint density at radius 1 is 0.909 bits per heavy atom. The molecule has 2 amide bonds. The summed E-state index contributed by atoms with van der Waals surface area (Å²) in [5.74, 6) is 0.640. The van der Waals surface area contributed by atoms with Crippen molar-refractivity contribution in [2.24, 2.45) is 0 Å². The van der Waals surface area contributed by atoms with Crippen molar-refractivity contribution in [2.45, 2.75) is 6.61 Å². The number of aliphatic hydroxyl groups excluding tert-OH is 1. The lowest BCUT2D eigenvalue weighted by molar-refractivity contribution is -0.115. The molecule has 0 aliphatic heterocycles. The monoisotopic (exact) mass is 446 g/mol. The Morgan fingerprint density at radius 2 is 1.67 bits per heavy atom. The molecular formula is C26H26N2O5. The molecule has 33 heavy (non-hydrogen) atoms. The van der Waals surface area contributed by atoms with Gasteiger partial charge in [-0.25, -0.2) is 0 Å². The van der Waals surface area contributed by atoms with E-state index in [0.29, 0.717) is 23.5 Å². The molecule has 0 saturated heterocycles. The van der Waals surface area contributed by atoms with Crippen molar-refractivity contribution in [1.29, 1.82) is 0 Å². The molecule has 0 aromatic heterocycles. The van der Waals surface area contributed by atoms with Crippen LogP contribution < -0.4 is 20.1 Å². The van der Waals surface area contributed by atoms with E-state index in [2.05, 4.69) is 10.6 Å². The van der Waals surface area contributed by atoms with Crippen LogP contribution in [0.15, 0.2) is 85.1 Å². The molecule has 0 atom stereocenters. The molecule has 3 rings (SSSR count). The first-order valence-corrected chi connectivity index (χ1v) is 10.4. The number of rotatable bonds is 10. The highest BCUT2D eigenvalue weighted by Gasteiger charge is 2.13. The lowest BCUT2D eigenvalue weighted by Gasteiger charge is -2.11. The molecule has 170 valence electrons. The fourth-order valence-electron chi connectivity index (χ4n) is 3.01. The second-order valence-electron chi connectivity index (χ2n) is 7.04. The molecule has 0 unspecified atom stereocenters. The number of aliphatic hydroxyl groups is 1. The van der Waals surface area contributed by atoms with Crippen LogP contribution in [-0.2, 0) is 11.4 Å². The third-order valence-corrected chi connectivity index (χ3v) is 4.73. The lowest BCUT2D eigenvalue weighted by Crippen LogP contribution is -2.28. The van der Waals surface area contributed by atoms with Crippen molar-refractivity contribution in [2.75, 3.05) is 20.3 Å². The van der Waals surface area contributed by atoms with Crippen LogP contribution in [0, 0.1) is 0 Å². The highest BCUT2D eigenvalue weighted by atomic mass is 16.5. The van der Waals surface area contributed by atoms with E-state index in [1.165, 1.54) is 6.20 Å². The summed E-state index contributed by atoms with van der Waals surface area (Å²) in [7, 11) is 1.61. The number of methoxy groups -OCH3 is 1. The van der Waals surface area contributed by atoms with Crippen LogP contribution in [0.5, 0.6) is 11.5 Å². The van der Waals surface area contributed by atoms with Crippen molar-refractivity contribution in [3.8, 4) is 11.5 Å². The zero-order valence-electron chi connectivity index (χ0n) is 18.3. The topological polar surface area (TPSA) is 96.9 Å². The van der Waals surface area contributed by atoms with Crippen LogP contribution in [0.25, 0.3) is 5.57 Å². The maximum Gasteiger partial charge on any atom is 0.255 e. The van der Waals surface area contributed by atoms with E-state index in [-0.39, 0.29) is 24.6 Å². The average Bonchev–Trinajstić information content (AvgIpc) is 2.87. The molecule has 3 N–H and O–H groups in total. The highest BCUT2D eigenvalue weighted by Crippen LogP contribution is 2.21. The van der Waals surface area contributed by atoms with Gasteiger partial charge in [0.25, 0.3) is 11.8 Å². The number of hydrogen-bond donors (Lipinski definition) is 3. The molecule has 0 aliphatic carbocycles. The third-order valence-electron chi connectivity index (χ3n) is 4.73. The Balaban J connectivity index is 1.72. The number of amides is 2. The van der Waals surface area contributed by atoms with Gasteiger partial charge in [0.15, 0.2) is 0 Å². The Bertz CT molecular complexity index is 1100. The second kappa shape index (κ2) is 12.1. The van der Waals surface area contributed by atoms with E-state index >= 15 is 0 Å². The van der Waals surface area contributed by atoms with Gasteiger partial charge in [-0.2, -0.15) is 0 Å². The summed E-state index contributed by atoms with van der Waals surface area (Å²) in [4.78, 5) is 25.0. The number of carbonyl (C=O) groups is 2. The molecule has 3 aromatic carbocycles. The average molecular weight is 447 g/mol. The largest absolute Gasteiger partial charge is 0.497 e. The number of benzene rings is 3. The zero-order chi connectivity index (χ0) is 23.5. The Labute approximate surface area is 192 Å². The second-order valence-corrected chi connectivity index (χ2v) is 7.04. The van der Waals surface area contributed by atoms with Crippen molar-refractivity contribution < 1.29 is 24.2 Å². The maximum absolute atomic E-state index is 12.6. The molecule has 3 aromatic rings. The first kappa shape index (κ1) is 23.6. The van der Waals surface area contributed by atoms with Crippen LogP contribution in [0.2, 0.25) is 0 Å². The number of nitrogens with one attached hydrogen (secondary N) is 2. The van der Waals surface area contributed by atoms with Gasteiger partial charge in [-0.15, -0.1) is 0 Å². The van der Waals surface area contributed by atoms with E-state index in [0.717, 1.165) is 11.3 Å². The maximum atomic E-state index is 12.6. The number of ether oxygens (including phenoxy) is 2. The van der Waals surface area contributed by atoms with E-state index in [9.17, 15) is 9.59 Å². The van der Waals surface area contributed by atoms with Gasteiger partial charge < -0.3 is 25.2 Å². The van der Waals surface area contributed by atoms with Crippen molar-refractivity contribution in [3.63, 3.8) is 0 Å². The fraction of sp³-hybridized carbons (Fsp3) is 0.154. The predicted octanol–water partition coefficient (Wildman–Crippen LogP) is 3.15. The third kappa shape index (κ3) is 6.95. The van der Waals surface area contributed by atoms with Crippen molar-refractivity contribution in [3.05, 3.63) is 102 Å². The minimum Gasteiger partial charge on any atom is -0.497 e. The van der Waals surface area contributed by atoms with Crippen molar-refractivity contribution in [1.82, 2.24) is 10.6 Å². The van der Waals surface area contributed by atoms with Crippen LogP contribution >= 0.6 is 0 Å². The number of carbonyl (C=O) groups excluding carboxylic acids is 2. The summed E-state index contributed by atoms with van der Waals surface area (Å²) in [5, 5.41) is 14.3. The van der Waals surface area contributed by atoms with E-state index in [1.807, 2.05) is 30.3 Å². The molecule has 0 aliphatic rings. The lowest BCUT2D eigenvalue weighted by atomic mass is 10.1. The van der Waals surface area contributed by atoms with Gasteiger partial charge >= 0.3 is 0 Å². The molecule has 0 heterocycles. The summed E-state index contributed by atoms with van der Waals surface area (Å²) in [6.07, 6.45) is 1.37. The first-order valence-electron chi connectivity index (χ1n) is 10.4. The van der Waals surface area contributed by atoms with E-state index in [1.54, 1.807) is 55.6 Å². The van der Waals surface area contributed by atoms with Gasteiger partial charge in [-0.3, -0.25) is 9.59 Å². The van der Waals surface area contributed by atoms with Gasteiger partial charge in [0, 0.05) is 18.3 Å². The van der Waals surface area contributed by atoms with Crippen LogP contribution in [0.1, 0.15) is 21.5 Å². The van der Waals surface area contributed by atoms with Gasteiger partial charge in [-0.1, -0.05) is 42.5 Å². The van der Waals surface area contributed by atoms with Crippen LogP contribution in [0.4, 0.5) is 0 Å². The fourth-order valence-corrected chi connectivity index (χ4v) is 3.01. The molecule has 0 saturated carbocycles. The summed E-state index contributed by atoms with van der Waals surface area (Å²) < 4.78 is 11.1. The Hall–Kier alpha value is -4.10. The van der Waals surface area contributed by atoms with Crippen LogP contribution in [0.3, 0.4) is 0 Å². The molecule has 0 bridgehead atoms. The van der Waals surface area contributed by atoms with Crippen molar-refractivity contribution >= 4 is 17.4 Å².